The number of carbonyl (C=O) groups is 2. The van der Waals surface area contributed by atoms with E-state index in [9.17, 15) is 9.59 Å². The van der Waals surface area contributed by atoms with E-state index in [2.05, 4.69) is 22.2 Å². The first kappa shape index (κ1) is 13.7. The number of carboxylic acids is 1. The van der Waals surface area contributed by atoms with Crippen LogP contribution in [-0.4, -0.2) is 35.3 Å². The predicted molar refractivity (Wildman–Crippen MR) is 68.1 cm³/mol. The molecule has 1 rings (SSSR count). The van der Waals surface area contributed by atoms with Crippen molar-refractivity contribution >= 4 is 17.6 Å². The lowest BCUT2D eigenvalue weighted by molar-refractivity contribution is -0.137. The zero-order chi connectivity index (χ0) is 13.5. The second kappa shape index (κ2) is 6.39. The second-order valence-electron chi connectivity index (χ2n) is 3.63. The second-order valence-corrected chi connectivity index (χ2v) is 3.63. The highest BCUT2D eigenvalue weighted by atomic mass is 16.4. The fourth-order valence-corrected chi connectivity index (χ4v) is 1.27. The molecular formula is C12H15N3O3. The maximum Gasteiger partial charge on any atom is 0.322 e. The van der Waals surface area contributed by atoms with Crippen molar-refractivity contribution in [1.82, 2.24) is 10.6 Å². The van der Waals surface area contributed by atoms with Crippen molar-refractivity contribution < 1.29 is 14.7 Å². The zero-order valence-electron chi connectivity index (χ0n) is 10.0. The summed E-state index contributed by atoms with van der Waals surface area (Å²) in [6.07, 6.45) is 6.53. The summed E-state index contributed by atoms with van der Waals surface area (Å²) < 4.78 is 0. The van der Waals surface area contributed by atoms with Gasteiger partial charge in [0.25, 0.3) is 5.91 Å². The van der Waals surface area contributed by atoms with Crippen LogP contribution in [0.3, 0.4) is 0 Å². The monoisotopic (exact) mass is 249 g/mol. The van der Waals surface area contributed by atoms with Crippen LogP contribution in [-0.2, 0) is 9.59 Å². The third-order valence-electron chi connectivity index (χ3n) is 2.20. The number of hydrogen-bond acceptors (Lipinski definition) is 4. The van der Waals surface area contributed by atoms with Gasteiger partial charge in [0, 0.05) is 6.20 Å². The molecule has 0 spiro atoms. The number of nitrogens with one attached hydrogen (secondary N) is 2. The molecule has 0 bridgehead atoms. The Bertz CT molecular complexity index is 449. The van der Waals surface area contributed by atoms with Crippen molar-refractivity contribution in [1.29, 1.82) is 0 Å². The van der Waals surface area contributed by atoms with Crippen molar-refractivity contribution in [2.75, 3.05) is 6.54 Å². The number of aliphatic carboxylic acids is 1. The van der Waals surface area contributed by atoms with Gasteiger partial charge in [-0.15, -0.1) is 0 Å². The Morgan fingerprint density at radius 3 is 3.00 bits per heavy atom. The predicted octanol–water partition coefficient (Wildman–Crippen LogP) is 0.204. The maximum absolute atomic E-state index is 11.6. The first-order valence-corrected chi connectivity index (χ1v) is 5.38. The van der Waals surface area contributed by atoms with E-state index in [1.807, 2.05) is 6.92 Å². The van der Waals surface area contributed by atoms with Crippen LogP contribution >= 0.6 is 0 Å². The van der Waals surface area contributed by atoms with E-state index in [0.717, 1.165) is 0 Å². The van der Waals surface area contributed by atoms with E-state index in [1.165, 1.54) is 6.20 Å². The van der Waals surface area contributed by atoms with Gasteiger partial charge in [-0.25, -0.2) is 4.99 Å². The van der Waals surface area contributed by atoms with E-state index in [-0.39, 0.29) is 11.7 Å². The zero-order valence-corrected chi connectivity index (χ0v) is 10.0. The Hall–Kier alpha value is -2.37. The Morgan fingerprint density at radius 1 is 1.67 bits per heavy atom. The average Bonchev–Trinajstić information content (AvgIpc) is 2.35. The lowest BCUT2D eigenvalue weighted by Crippen LogP contribution is -2.37. The van der Waals surface area contributed by atoms with Crippen LogP contribution in [0, 0.1) is 0 Å². The molecule has 0 aromatic rings. The minimum Gasteiger partial charge on any atom is -0.480 e. The van der Waals surface area contributed by atoms with Gasteiger partial charge in [0.1, 0.15) is 12.2 Å². The van der Waals surface area contributed by atoms with Crippen LogP contribution in [0.25, 0.3) is 0 Å². The molecule has 0 saturated carbocycles. The average molecular weight is 249 g/mol. The largest absolute Gasteiger partial charge is 0.480 e. The van der Waals surface area contributed by atoms with E-state index in [4.69, 9.17) is 5.11 Å². The number of carboxylic acid groups (broad SMARTS) is 1. The van der Waals surface area contributed by atoms with Crippen LogP contribution < -0.4 is 10.6 Å². The molecule has 6 heteroatoms. The number of nitrogens with zero attached hydrogens (tertiary/aromatic N) is 1. The Balaban J connectivity index is 2.75. The Labute approximate surface area is 105 Å². The Morgan fingerprint density at radius 2 is 2.39 bits per heavy atom. The van der Waals surface area contributed by atoms with E-state index >= 15 is 0 Å². The number of hydrogen-bond donors (Lipinski definition) is 3. The van der Waals surface area contributed by atoms with Crippen molar-refractivity contribution in [2.24, 2.45) is 4.99 Å². The first-order valence-electron chi connectivity index (χ1n) is 5.38. The summed E-state index contributed by atoms with van der Waals surface area (Å²) in [5.74, 6) is -1.63. The lowest BCUT2D eigenvalue weighted by atomic mass is 10.1. The molecule has 1 amide bonds. The van der Waals surface area contributed by atoms with Crippen molar-refractivity contribution in [2.45, 2.75) is 13.0 Å². The molecule has 6 nitrogen and oxygen atoms in total. The van der Waals surface area contributed by atoms with Gasteiger partial charge in [-0.2, -0.15) is 0 Å². The highest BCUT2D eigenvalue weighted by Crippen LogP contribution is 2.06. The van der Waals surface area contributed by atoms with Gasteiger partial charge in [-0.05, 0) is 13.0 Å². The number of carbonyl (C=O) groups excluding carboxylic acids is 1. The van der Waals surface area contributed by atoms with E-state index in [0.29, 0.717) is 5.71 Å². The molecule has 0 radical (unpaired) electrons. The topological polar surface area (TPSA) is 90.8 Å². The van der Waals surface area contributed by atoms with Gasteiger partial charge >= 0.3 is 5.97 Å². The third kappa shape index (κ3) is 3.89. The molecule has 0 fully saturated rings. The van der Waals surface area contributed by atoms with Crippen molar-refractivity contribution in [3.8, 4) is 0 Å². The summed E-state index contributed by atoms with van der Waals surface area (Å²) in [5, 5.41) is 13.7. The van der Waals surface area contributed by atoms with E-state index < -0.39 is 18.4 Å². The summed E-state index contributed by atoms with van der Waals surface area (Å²) in [5.41, 5.74) is 0.830. The minimum absolute atomic E-state index is 0.0165. The van der Waals surface area contributed by atoms with Crippen LogP contribution in [0.4, 0.5) is 0 Å². The molecule has 1 aliphatic rings. The van der Waals surface area contributed by atoms with Crippen LogP contribution in [0.15, 0.2) is 41.7 Å². The summed E-state index contributed by atoms with van der Waals surface area (Å²) in [6.45, 7) is 5.02. The lowest BCUT2D eigenvalue weighted by Gasteiger charge is -2.18. The van der Waals surface area contributed by atoms with Gasteiger partial charge in [0.15, 0.2) is 0 Å². The fraction of sp³-hybridized carbons (Fsp3) is 0.250. The molecule has 3 N–H and O–H groups in total. The van der Waals surface area contributed by atoms with Gasteiger partial charge in [-0.3, -0.25) is 9.59 Å². The SMILES string of the molecule is C=C/C=C\C1=NC(C(=O)NCC(=O)O)=CNC1C. The molecule has 1 atom stereocenters. The quantitative estimate of drug-likeness (QED) is 0.607. The molecule has 96 valence electrons. The Kier molecular flexibility index (Phi) is 4.86. The first-order chi connectivity index (χ1) is 8.54. The summed E-state index contributed by atoms with van der Waals surface area (Å²) in [7, 11) is 0. The van der Waals surface area contributed by atoms with Gasteiger partial charge in [-0.1, -0.05) is 18.7 Å². The number of aliphatic imine (C=N–C) groups is 1. The van der Waals surface area contributed by atoms with Crippen molar-refractivity contribution in [3.63, 3.8) is 0 Å². The molecular weight excluding hydrogens is 234 g/mol. The normalized spacial score (nSPS) is 18.6. The van der Waals surface area contributed by atoms with E-state index in [1.54, 1.807) is 18.2 Å². The number of allylic oxidation sites excluding steroid dienone is 2. The molecule has 0 aliphatic carbocycles. The molecule has 1 unspecified atom stereocenters. The minimum atomic E-state index is -1.10. The fourth-order valence-electron chi connectivity index (χ4n) is 1.27. The van der Waals surface area contributed by atoms with Crippen molar-refractivity contribution in [3.05, 3.63) is 36.7 Å². The summed E-state index contributed by atoms with van der Waals surface area (Å²) in [4.78, 5) is 26.1. The smallest absolute Gasteiger partial charge is 0.322 e. The highest BCUT2D eigenvalue weighted by molar-refractivity contribution is 6.05. The van der Waals surface area contributed by atoms with Gasteiger partial charge < -0.3 is 15.7 Å². The van der Waals surface area contributed by atoms with Crippen LogP contribution in [0.5, 0.6) is 0 Å². The highest BCUT2D eigenvalue weighted by Gasteiger charge is 2.17. The molecule has 1 aliphatic heterocycles. The number of rotatable bonds is 5. The standard InChI is InChI=1S/C12H15N3O3/c1-3-4-5-9-8(2)13-6-10(15-9)12(18)14-7-11(16)17/h3-6,8,13H,1,7H2,2H3,(H,14,18)(H,16,17)/b5-4-. The van der Waals surface area contributed by atoms with Gasteiger partial charge in [0.2, 0.25) is 0 Å². The van der Waals surface area contributed by atoms with Crippen LogP contribution in [0.2, 0.25) is 0 Å². The molecule has 0 aromatic heterocycles. The van der Waals surface area contributed by atoms with Crippen LogP contribution in [0.1, 0.15) is 6.92 Å². The van der Waals surface area contributed by atoms with Gasteiger partial charge in [0.05, 0.1) is 11.8 Å². The maximum atomic E-state index is 11.6. The summed E-state index contributed by atoms with van der Waals surface area (Å²) in [6, 6.07) is -0.0165. The molecule has 0 aromatic carbocycles. The summed E-state index contributed by atoms with van der Waals surface area (Å²) >= 11 is 0. The number of amides is 1. The third-order valence-corrected chi connectivity index (χ3v) is 2.20. The molecule has 18 heavy (non-hydrogen) atoms. The molecule has 0 saturated heterocycles. The molecule has 1 heterocycles.